The summed E-state index contributed by atoms with van der Waals surface area (Å²) in [5, 5.41) is 24.5. The van der Waals surface area contributed by atoms with Gasteiger partial charge >= 0.3 is 0 Å². The lowest BCUT2D eigenvalue weighted by Gasteiger charge is -2.31. The number of aliphatic hydroxyl groups excluding tert-OH is 2. The zero-order valence-corrected chi connectivity index (χ0v) is 35.5. The second kappa shape index (κ2) is 34.9. The molecule has 0 spiro atoms. The van der Waals surface area contributed by atoms with Crippen molar-refractivity contribution in [2.24, 2.45) is 0 Å². The normalized spacial score (nSPS) is 15.5. The van der Waals surface area contributed by atoms with Crippen LogP contribution in [0.5, 0.6) is 0 Å². The molecule has 10 heteroatoms. The van der Waals surface area contributed by atoms with Gasteiger partial charge in [-0.05, 0) is 84.0 Å². The van der Waals surface area contributed by atoms with E-state index in [0.29, 0.717) is 30.3 Å². The quantitative estimate of drug-likeness (QED) is 0.0249. The van der Waals surface area contributed by atoms with E-state index in [0.717, 1.165) is 57.8 Å². The zero-order chi connectivity index (χ0) is 39.5. The number of phosphoric ester groups is 1. The molecule has 0 aliphatic heterocycles. The van der Waals surface area contributed by atoms with Gasteiger partial charge in [0.15, 0.2) is 0 Å². The van der Waals surface area contributed by atoms with Crippen molar-refractivity contribution in [3.63, 3.8) is 0 Å². The Morgan fingerprint density at radius 1 is 0.698 bits per heavy atom. The number of hydrogen-bond donors (Lipinski definition) is 3. The molecule has 4 unspecified atom stereocenters. The minimum absolute atomic E-state index is 0.0524. The Hall–Kier alpha value is -1.58. The summed E-state index contributed by atoms with van der Waals surface area (Å²) in [6, 6.07) is -1.10. The number of unbranched alkanes of at least 4 members (excludes halogenated alkanes) is 16. The summed E-state index contributed by atoms with van der Waals surface area (Å²) in [6.45, 7) is 4.16. The Morgan fingerprint density at radius 2 is 1.17 bits per heavy atom. The molecule has 0 aliphatic rings. The molecule has 0 saturated carbocycles. The molecule has 1 amide bonds. The van der Waals surface area contributed by atoms with Crippen LogP contribution in [0.2, 0.25) is 0 Å². The van der Waals surface area contributed by atoms with Gasteiger partial charge in [-0.1, -0.05) is 120 Å². The van der Waals surface area contributed by atoms with Crippen LogP contribution in [0, 0.1) is 0 Å². The highest BCUT2D eigenvalue weighted by Gasteiger charge is 2.29. The van der Waals surface area contributed by atoms with Crippen molar-refractivity contribution in [2.45, 2.75) is 180 Å². The van der Waals surface area contributed by atoms with Crippen LogP contribution in [-0.4, -0.2) is 79.8 Å². The van der Waals surface area contributed by atoms with Crippen molar-refractivity contribution in [1.82, 2.24) is 5.32 Å². The number of rotatable bonds is 37. The lowest BCUT2D eigenvalue weighted by Crippen LogP contribution is -2.51. The average Bonchev–Trinajstić information content (AvgIpc) is 3.10. The van der Waals surface area contributed by atoms with E-state index in [1.807, 2.05) is 28.1 Å². The second-order valence-electron chi connectivity index (χ2n) is 15.5. The van der Waals surface area contributed by atoms with Gasteiger partial charge < -0.3 is 34.0 Å². The molecular weight excluding hydrogens is 687 g/mol. The Bertz CT molecular complexity index is 1020. The molecule has 0 heterocycles. The maximum atomic E-state index is 12.9. The Kier molecular flexibility index (Phi) is 33.8. The van der Waals surface area contributed by atoms with Crippen molar-refractivity contribution in [1.29, 1.82) is 0 Å². The van der Waals surface area contributed by atoms with Crippen molar-refractivity contribution in [3.8, 4) is 0 Å². The van der Waals surface area contributed by atoms with E-state index < -0.39 is 32.7 Å². The standard InChI is InChI=1S/C43H81N2O7P/c1-6-8-10-12-14-16-18-20-21-22-23-24-26-28-30-32-34-36-42(47)44-40(39-52-53(49,50)51-38-37-45(3,4)5)43(48)41(46)35-33-31-29-27-25-19-17-15-13-11-9-7-2/h7,9,15,17,20-21,27,29,40-41,43,46,48H,6,8,10-14,16,18-19,22-26,28,30-39H2,1-5H3,(H-,44,47,49,50)/b9-7+,17-15+,21-20-,29-27+. The molecule has 0 aromatic rings. The first-order chi connectivity index (χ1) is 25.4. The van der Waals surface area contributed by atoms with Crippen LogP contribution in [0.4, 0.5) is 0 Å². The van der Waals surface area contributed by atoms with Crippen LogP contribution in [0.15, 0.2) is 48.6 Å². The van der Waals surface area contributed by atoms with E-state index in [1.165, 1.54) is 64.2 Å². The largest absolute Gasteiger partial charge is 0.756 e. The molecule has 0 saturated heterocycles. The maximum absolute atomic E-state index is 12.9. The fourth-order valence-corrected chi connectivity index (χ4v) is 6.48. The van der Waals surface area contributed by atoms with Crippen LogP contribution in [0.1, 0.15) is 162 Å². The third kappa shape index (κ3) is 35.9. The number of quaternary nitrogens is 1. The smallest absolute Gasteiger partial charge is 0.268 e. The number of carbonyl (C=O) groups excluding carboxylic acids is 1. The first-order valence-electron chi connectivity index (χ1n) is 21.0. The minimum Gasteiger partial charge on any atom is -0.756 e. The monoisotopic (exact) mass is 769 g/mol. The zero-order valence-electron chi connectivity index (χ0n) is 34.6. The lowest BCUT2D eigenvalue weighted by molar-refractivity contribution is -0.870. The molecule has 0 aliphatic carbocycles. The summed E-state index contributed by atoms with van der Waals surface area (Å²) in [4.78, 5) is 25.3. The van der Waals surface area contributed by atoms with E-state index in [4.69, 9.17) is 9.05 Å². The number of hydrogen-bond acceptors (Lipinski definition) is 7. The summed E-state index contributed by atoms with van der Waals surface area (Å²) < 4.78 is 23.1. The second-order valence-corrected chi connectivity index (χ2v) is 16.9. The fraction of sp³-hybridized carbons (Fsp3) is 0.791. The van der Waals surface area contributed by atoms with E-state index in [-0.39, 0.29) is 18.9 Å². The van der Waals surface area contributed by atoms with Crippen molar-refractivity contribution < 1.29 is 38.0 Å². The summed E-state index contributed by atoms with van der Waals surface area (Å²) in [5.41, 5.74) is 0. The maximum Gasteiger partial charge on any atom is 0.268 e. The number of carbonyl (C=O) groups is 1. The molecule has 4 atom stereocenters. The summed E-state index contributed by atoms with van der Waals surface area (Å²) in [6.07, 6.45) is 38.8. The summed E-state index contributed by atoms with van der Waals surface area (Å²) in [7, 11) is 1.08. The molecule has 3 N–H and O–H groups in total. The minimum atomic E-state index is -4.68. The Balaban J connectivity index is 4.59. The summed E-state index contributed by atoms with van der Waals surface area (Å²) >= 11 is 0. The van der Waals surface area contributed by atoms with Crippen LogP contribution >= 0.6 is 7.82 Å². The molecule has 53 heavy (non-hydrogen) atoms. The van der Waals surface area contributed by atoms with Gasteiger partial charge in [0.1, 0.15) is 19.3 Å². The third-order valence-corrected chi connectivity index (χ3v) is 10.1. The molecule has 0 aromatic carbocycles. The fourth-order valence-electron chi connectivity index (χ4n) is 5.76. The molecule has 0 bridgehead atoms. The molecule has 0 fully saturated rings. The lowest BCUT2D eigenvalue weighted by atomic mass is 10.0. The van der Waals surface area contributed by atoms with E-state index in [1.54, 1.807) is 0 Å². The van der Waals surface area contributed by atoms with Gasteiger partial charge in [-0.3, -0.25) is 9.36 Å². The SMILES string of the molecule is C/C=C/CC/C=C/CC/C=C/CCCC(O)C(O)C(COP(=O)([O-])OCC[N+](C)(C)C)NC(=O)CCCCCCCCC/C=C\CCCCCCCC. The highest BCUT2D eigenvalue weighted by atomic mass is 31.2. The number of amides is 1. The highest BCUT2D eigenvalue weighted by Crippen LogP contribution is 2.38. The molecule has 9 nitrogen and oxygen atoms in total. The van der Waals surface area contributed by atoms with Gasteiger partial charge in [0.05, 0.1) is 39.9 Å². The molecule has 0 rings (SSSR count). The molecule has 0 radical (unpaired) electrons. The molecular formula is C43H81N2O7P. The number of likely N-dealkylation sites (N-methyl/N-ethyl adjacent to an activating group) is 1. The van der Waals surface area contributed by atoms with Gasteiger partial charge in [0.25, 0.3) is 7.82 Å². The molecule has 0 aromatic heterocycles. The number of phosphoric acid groups is 1. The van der Waals surface area contributed by atoms with Crippen LogP contribution in [0.25, 0.3) is 0 Å². The van der Waals surface area contributed by atoms with Gasteiger partial charge in [-0.2, -0.15) is 0 Å². The van der Waals surface area contributed by atoms with Crippen molar-refractivity contribution in [2.75, 3.05) is 40.9 Å². The van der Waals surface area contributed by atoms with Gasteiger partial charge in [-0.15, -0.1) is 0 Å². The first-order valence-corrected chi connectivity index (χ1v) is 22.5. The van der Waals surface area contributed by atoms with Crippen molar-refractivity contribution >= 4 is 13.7 Å². The Morgan fingerprint density at radius 3 is 1.70 bits per heavy atom. The number of allylic oxidation sites excluding steroid dienone is 8. The van der Waals surface area contributed by atoms with E-state index in [9.17, 15) is 24.5 Å². The average molecular weight is 769 g/mol. The topological polar surface area (TPSA) is 128 Å². The number of nitrogens with zero attached hydrogens (tertiary/aromatic N) is 1. The highest BCUT2D eigenvalue weighted by molar-refractivity contribution is 7.45. The van der Waals surface area contributed by atoms with E-state index >= 15 is 0 Å². The molecule has 310 valence electrons. The van der Waals surface area contributed by atoms with Crippen molar-refractivity contribution in [3.05, 3.63) is 48.6 Å². The van der Waals surface area contributed by atoms with Crippen LogP contribution < -0.4 is 10.2 Å². The van der Waals surface area contributed by atoms with Gasteiger partial charge in [0, 0.05) is 6.42 Å². The first kappa shape index (κ1) is 51.4. The van der Waals surface area contributed by atoms with Crippen LogP contribution in [-0.2, 0) is 18.4 Å². The number of nitrogens with one attached hydrogen (secondary N) is 1. The van der Waals surface area contributed by atoms with Gasteiger partial charge in [-0.25, -0.2) is 0 Å². The predicted molar refractivity (Wildman–Crippen MR) is 220 cm³/mol. The van der Waals surface area contributed by atoms with Crippen LogP contribution in [0.3, 0.4) is 0 Å². The number of aliphatic hydroxyl groups is 2. The van der Waals surface area contributed by atoms with E-state index in [2.05, 4.69) is 60.8 Å². The Labute approximate surface area is 325 Å². The summed E-state index contributed by atoms with van der Waals surface area (Å²) in [5.74, 6) is -0.303. The predicted octanol–water partition coefficient (Wildman–Crippen LogP) is 9.64. The third-order valence-electron chi connectivity index (χ3n) is 9.18. The van der Waals surface area contributed by atoms with Gasteiger partial charge in [0.2, 0.25) is 5.91 Å².